The van der Waals surface area contributed by atoms with Crippen LogP contribution in [-0.2, 0) is 4.79 Å². The van der Waals surface area contributed by atoms with Crippen LogP contribution in [0.2, 0.25) is 0 Å². The lowest BCUT2D eigenvalue weighted by atomic mass is 9.80. The van der Waals surface area contributed by atoms with Crippen LogP contribution in [0.4, 0.5) is 0 Å². The third-order valence-electron chi connectivity index (χ3n) is 3.50. The van der Waals surface area contributed by atoms with E-state index in [-0.39, 0.29) is 17.2 Å². The first-order chi connectivity index (χ1) is 7.46. The molecule has 0 aromatic rings. The molecule has 1 aliphatic rings. The zero-order chi connectivity index (χ0) is 12.2. The van der Waals surface area contributed by atoms with Gasteiger partial charge in [-0.3, -0.25) is 4.79 Å². The average molecular weight is 228 g/mol. The van der Waals surface area contributed by atoms with E-state index in [4.69, 9.17) is 0 Å². The summed E-state index contributed by atoms with van der Waals surface area (Å²) in [5.74, 6) is 0.259. The van der Waals surface area contributed by atoms with E-state index in [1.807, 2.05) is 20.8 Å². The molecular weight excluding hydrogens is 204 g/mol. The number of nitrogens with one attached hydrogen (secondary N) is 2. The van der Waals surface area contributed by atoms with Gasteiger partial charge in [-0.25, -0.2) is 0 Å². The Hall–Kier alpha value is -0.610. The molecule has 0 radical (unpaired) electrons. The van der Waals surface area contributed by atoms with Gasteiger partial charge in [0.25, 0.3) is 0 Å². The van der Waals surface area contributed by atoms with Gasteiger partial charge in [-0.1, -0.05) is 20.8 Å². The van der Waals surface area contributed by atoms with Crippen LogP contribution in [0.25, 0.3) is 0 Å². The molecule has 1 amide bonds. The molecule has 1 saturated heterocycles. The van der Waals surface area contributed by atoms with Gasteiger partial charge in [-0.2, -0.15) is 0 Å². The van der Waals surface area contributed by atoms with Gasteiger partial charge in [0.2, 0.25) is 5.91 Å². The van der Waals surface area contributed by atoms with Crippen molar-refractivity contribution >= 4 is 5.91 Å². The topological polar surface area (TPSA) is 61.4 Å². The van der Waals surface area contributed by atoms with E-state index < -0.39 is 6.10 Å². The predicted molar refractivity (Wildman–Crippen MR) is 64.1 cm³/mol. The van der Waals surface area contributed by atoms with Crippen LogP contribution in [0.1, 0.15) is 33.6 Å². The first kappa shape index (κ1) is 13.5. The maximum atomic E-state index is 12.0. The minimum atomic E-state index is -0.450. The summed E-state index contributed by atoms with van der Waals surface area (Å²) in [4.78, 5) is 12.0. The van der Waals surface area contributed by atoms with Crippen molar-refractivity contribution in [2.45, 2.75) is 39.7 Å². The molecule has 1 aliphatic heterocycles. The van der Waals surface area contributed by atoms with Crippen molar-refractivity contribution in [2.24, 2.45) is 11.3 Å². The lowest BCUT2D eigenvalue weighted by Gasteiger charge is -2.33. The Balaban J connectivity index is 2.39. The molecule has 0 saturated carbocycles. The predicted octanol–water partition coefficient (Wildman–Crippen LogP) is 0.509. The minimum Gasteiger partial charge on any atom is -0.391 e. The monoisotopic (exact) mass is 228 g/mol. The van der Waals surface area contributed by atoms with Crippen molar-refractivity contribution in [1.29, 1.82) is 0 Å². The van der Waals surface area contributed by atoms with Gasteiger partial charge in [0.15, 0.2) is 0 Å². The molecule has 94 valence electrons. The van der Waals surface area contributed by atoms with Gasteiger partial charge in [0, 0.05) is 12.0 Å². The zero-order valence-electron chi connectivity index (χ0n) is 10.5. The van der Waals surface area contributed by atoms with Gasteiger partial charge < -0.3 is 15.7 Å². The standard InChI is InChI=1S/C12H24N2O2/c1-9(2)10(15)8-14-11(16)12(3)4-6-13-7-5-12/h9-10,13,15H,4-8H2,1-3H3,(H,14,16). The van der Waals surface area contributed by atoms with Crippen molar-refractivity contribution < 1.29 is 9.90 Å². The molecule has 3 N–H and O–H groups in total. The molecule has 1 unspecified atom stereocenters. The Morgan fingerprint density at radius 3 is 2.50 bits per heavy atom. The number of hydrogen-bond acceptors (Lipinski definition) is 3. The number of piperidine rings is 1. The largest absolute Gasteiger partial charge is 0.391 e. The highest BCUT2D eigenvalue weighted by molar-refractivity contribution is 5.82. The quantitative estimate of drug-likeness (QED) is 0.657. The van der Waals surface area contributed by atoms with Crippen molar-refractivity contribution in [1.82, 2.24) is 10.6 Å². The summed E-state index contributed by atoms with van der Waals surface area (Å²) >= 11 is 0. The maximum absolute atomic E-state index is 12.0. The van der Waals surface area contributed by atoms with E-state index >= 15 is 0 Å². The third kappa shape index (κ3) is 3.46. The maximum Gasteiger partial charge on any atom is 0.226 e. The van der Waals surface area contributed by atoms with Crippen molar-refractivity contribution in [2.75, 3.05) is 19.6 Å². The van der Waals surface area contributed by atoms with Gasteiger partial charge in [-0.15, -0.1) is 0 Å². The molecule has 1 rings (SSSR count). The Bertz CT molecular complexity index is 235. The SMILES string of the molecule is CC(C)C(O)CNC(=O)C1(C)CCNCC1. The van der Waals surface area contributed by atoms with Crippen LogP contribution in [0, 0.1) is 11.3 Å². The summed E-state index contributed by atoms with van der Waals surface area (Å²) in [5, 5.41) is 15.7. The van der Waals surface area contributed by atoms with Gasteiger partial charge in [-0.05, 0) is 31.8 Å². The molecule has 0 aromatic carbocycles. The van der Waals surface area contributed by atoms with E-state index in [2.05, 4.69) is 10.6 Å². The molecule has 0 aromatic heterocycles. The van der Waals surface area contributed by atoms with E-state index in [1.54, 1.807) is 0 Å². The van der Waals surface area contributed by atoms with Crippen LogP contribution in [0.3, 0.4) is 0 Å². The number of carbonyl (C=O) groups is 1. The van der Waals surface area contributed by atoms with Crippen LogP contribution >= 0.6 is 0 Å². The molecule has 0 bridgehead atoms. The summed E-state index contributed by atoms with van der Waals surface area (Å²) in [7, 11) is 0. The molecule has 0 aliphatic carbocycles. The number of hydrogen-bond donors (Lipinski definition) is 3. The zero-order valence-corrected chi connectivity index (χ0v) is 10.5. The lowest BCUT2D eigenvalue weighted by Crippen LogP contribution is -2.47. The highest BCUT2D eigenvalue weighted by atomic mass is 16.3. The fraction of sp³-hybridized carbons (Fsp3) is 0.917. The minimum absolute atomic E-state index is 0.0775. The fourth-order valence-corrected chi connectivity index (χ4v) is 1.85. The van der Waals surface area contributed by atoms with Gasteiger partial charge in [0.05, 0.1) is 6.10 Å². The Morgan fingerprint density at radius 1 is 1.44 bits per heavy atom. The average Bonchev–Trinajstić information content (AvgIpc) is 2.26. The molecular formula is C12H24N2O2. The first-order valence-electron chi connectivity index (χ1n) is 6.13. The summed E-state index contributed by atoms with van der Waals surface area (Å²) in [6, 6.07) is 0. The van der Waals surface area contributed by atoms with Crippen molar-refractivity contribution in [3.8, 4) is 0 Å². The number of rotatable bonds is 4. The second-order valence-corrected chi connectivity index (χ2v) is 5.33. The molecule has 4 heteroatoms. The Morgan fingerprint density at radius 2 is 2.00 bits per heavy atom. The summed E-state index contributed by atoms with van der Waals surface area (Å²) < 4.78 is 0. The van der Waals surface area contributed by atoms with Crippen LogP contribution in [0.15, 0.2) is 0 Å². The first-order valence-corrected chi connectivity index (χ1v) is 6.13. The fourth-order valence-electron chi connectivity index (χ4n) is 1.85. The molecule has 1 heterocycles. The molecule has 1 fully saturated rings. The smallest absolute Gasteiger partial charge is 0.226 e. The number of aliphatic hydroxyl groups excluding tert-OH is 1. The van der Waals surface area contributed by atoms with Gasteiger partial charge >= 0.3 is 0 Å². The van der Waals surface area contributed by atoms with Crippen molar-refractivity contribution in [3.05, 3.63) is 0 Å². The number of carbonyl (C=O) groups excluding carboxylic acids is 1. The highest BCUT2D eigenvalue weighted by Gasteiger charge is 2.34. The van der Waals surface area contributed by atoms with Gasteiger partial charge in [0.1, 0.15) is 0 Å². The molecule has 4 nitrogen and oxygen atoms in total. The molecule has 0 spiro atoms. The second kappa shape index (κ2) is 5.64. The Kier molecular flexibility index (Phi) is 4.74. The Labute approximate surface area is 97.8 Å². The lowest BCUT2D eigenvalue weighted by molar-refractivity contribution is -0.132. The summed E-state index contributed by atoms with van der Waals surface area (Å²) in [6.07, 6.45) is 1.29. The van der Waals surface area contributed by atoms with E-state index in [0.29, 0.717) is 6.54 Å². The molecule has 1 atom stereocenters. The van der Waals surface area contributed by atoms with Crippen LogP contribution in [-0.4, -0.2) is 36.8 Å². The third-order valence-corrected chi connectivity index (χ3v) is 3.50. The number of amides is 1. The van der Waals surface area contributed by atoms with Crippen LogP contribution < -0.4 is 10.6 Å². The van der Waals surface area contributed by atoms with E-state index in [1.165, 1.54) is 0 Å². The van der Waals surface area contributed by atoms with E-state index in [0.717, 1.165) is 25.9 Å². The van der Waals surface area contributed by atoms with E-state index in [9.17, 15) is 9.90 Å². The summed E-state index contributed by atoms with van der Waals surface area (Å²) in [6.45, 7) is 8.06. The second-order valence-electron chi connectivity index (χ2n) is 5.33. The summed E-state index contributed by atoms with van der Waals surface area (Å²) in [5.41, 5.74) is -0.262. The normalized spacial score (nSPS) is 21.8. The highest BCUT2D eigenvalue weighted by Crippen LogP contribution is 2.27. The van der Waals surface area contributed by atoms with Crippen LogP contribution in [0.5, 0.6) is 0 Å². The number of aliphatic hydroxyl groups is 1. The molecule has 16 heavy (non-hydrogen) atoms. The van der Waals surface area contributed by atoms with Crippen molar-refractivity contribution in [3.63, 3.8) is 0 Å².